The molecule has 0 aromatic heterocycles. The van der Waals surface area contributed by atoms with Crippen LogP contribution < -0.4 is 19.7 Å². The van der Waals surface area contributed by atoms with Gasteiger partial charge in [-0.2, -0.15) is 0 Å². The summed E-state index contributed by atoms with van der Waals surface area (Å²) in [6.45, 7) is 4.82. The van der Waals surface area contributed by atoms with Crippen LogP contribution in [0.25, 0.3) is 6.08 Å². The molecule has 7 heteroatoms. The number of para-hydroxylation sites is 1. The van der Waals surface area contributed by atoms with Gasteiger partial charge in [0.1, 0.15) is 5.82 Å². The summed E-state index contributed by atoms with van der Waals surface area (Å²) in [5, 5.41) is 2.91. The van der Waals surface area contributed by atoms with Crippen molar-refractivity contribution in [1.29, 1.82) is 0 Å². The Kier molecular flexibility index (Phi) is 5.95. The molecule has 1 N–H and O–H groups in total. The van der Waals surface area contributed by atoms with Crippen LogP contribution >= 0.6 is 0 Å². The maximum Gasteiger partial charge on any atom is 0.244 e. The van der Waals surface area contributed by atoms with E-state index in [1.165, 1.54) is 12.1 Å². The zero-order chi connectivity index (χ0) is 20.1. The molecule has 1 saturated heterocycles. The molecule has 0 bridgehead atoms. The third-order valence-corrected chi connectivity index (χ3v) is 5.12. The number of carbonyl (C=O) groups excluding carboxylic acids is 1. The molecule has 152 valence electrons. The number of hydrogen-bond donors (Lipinski definition) is 1. The number of anilines is 1. The Morgan fingerprint density at radius 3 is 2.69 bits per heavy atom. The van der Waals surface area contributed by atoms with Crippen molar-refractivity contribution in [3.63, 3.8) is 0 Å². The summed E-state index contributed by atoms with van der Waals surface area (Å²) in [7, 11) is 0. The molecule has 0 atom stereocenters. The molecule has 2 aromatic rings. The molecule has 2 aromatic carbocycles. The van der Waals surface area contributed by atoms with Gasteiger partial charge < -0.3 is 19.7 Å². The summed E-state index contributed by atoms with van der Waals surface area (Å²) in [6.07, 6.45) is 3.28. The predicted octanol–water partition coefficient (Wildman–Crippen LogP) is 2.51. The summed E-state index contributed by atoms with van der Waals surface area (Å²) >= 11 is 0. The van der Waals surface area contributed by atoms with Crippen LogP contribution in [-0.2, 0) is 4.79 Å². The molecule has 0 radical (unpaired) electrons. The van der Waals surface area contributed by atoms with Crippen molar-refractivity contribution in [2.45, 2.75) is 0 Å². The molecule has 2 heterocycles. The van der Waals surface area contributed by atoms with Crippen LogP contribution in [0, 0.1) is 5.82 Å². The lowest BCUT2D eigenvalue weighted by Gasteiger charge is -2.36. The van der Waals surface area contributed by atoms with Crippen molar-refractivity contribution < 1.29 is 18.7 Å². The maximum atomic E-state index is 13.9. The molecule has 0 saturated carbocycles. The molecule has 1 fully saturated rings. The summed E-state index contributed by atoms with van der Waals surface area (Å²) < 4.78 is 24.5. The fraction of sp³-hybridized carbons (Fsp3) is 0.318. The van der Waals surface area contributed by atoms with Gasteiger partial charge in [-0.25, -0.2) is 4.39 Å². The number of nitrogens with zero attached hydrogens (tertiary/aromatic N) is 2. The number of nitrogens with one attached hydrogen (secondary N) is 1. The van der Waals surface area contributed by atoms with E-state index in [-0.39, 0.29) is 18.5 Å². The molecule has 4 rings (SSSR count). The highest BCUT2D eigenvalue weighted by molar-refractivity contribution is 5.91. The average Bonchev–Trinajstić information content (AvgIpc) is 3.21. The highest BCUT2D eigenvalue weighted by atomic mass is 19.1. The monoisotopic (exact) mass is 397 g/mol. The van der Waals surface area contributed by atoms with Crippen molar-refractivity contribution in [2.75, 3.05) is 51.0 Å². The normalized spacial score (nSPS) is 16.4. The van der Waals surface area contributed by atoms with Crippen LogP contribution in [0.1, 0.15) is 5.56 Å². The van der Waals surface area contributed by atoms with Gasteiger partial charge in [-0.05, 0) is 35.9 Å². The number of piperazine rings is 1. The Hall–Kier alpha value is -3.06. The first-order valence-electron chi connectivity index (χ1n) is 9.76. The van der Waals surface area contributed by atoms with Crippen LogP contribution in [0.2, 0.25) is 0 Å². The first kappa shape index (κ1) is 19.3. The minimum Gasteiger partial charge on any atom is -0.454 e. The van der Waals surface area contributed by atoms with Crippen molar-refractivity contribution in [2.24, 2.45) is 0 Å². The summed E-state index contributed by atoms with van der Waals surface area (Å²) in [5.74, 6) is 1.11. The summed E-state index contributed by atoms with van der Waals surface area (Å²) in [5.41, 5.74) is 1.54. The van der Waals surface area contributed by atoms with Gasteiger partial charge in [-0.1, -0.05) is 18.2 Å². The number of carbonyl (C=O) groups is 1. The second kappa shape index (κ2) is 8.96. The fourth-order valence-electron chi connectivity index (χ4n) is 3.51. The van der Waals surface area contributed by atoms with E-state index in [4.69, 9.17) is 9.47 Å². The smallest absolute Gasteiger partial charge is 0.244 e. The number of amides is 1. The maximum absolute atomic E-state index is 13.9. The van der Waals surface area contributed by atoms with Crippen LogP contribution in [0.5, 0.6) is 11.5 Å². The minimum absolute atomic E-state index is 0.132. The van der Waals surface area contributed by atoms with Gasteiger partial charge in [-0.15, -0.1) is 0 Å². The Bertz CT molecular complexity index is 895. The van der Waals surface area contributed by atoms with E-state index in [2.05, 4.69) is 15.1 Å². The van der Waals surface area contributed by atoms with Gasteiger partial charge in [0.25, 0.3) is 0 Å². The number of benzene rings is 2. The minimum atomic E-state index is -0.178. The second-order valence-corrected chi connectivity index (χ2v) is 7.02. The molecule has 29 heavy (non-hydrogen) atoms. The lowest BCUT2D eigenvalue weighted by Crippen LogP contribution is -2.48. The van der Waals surface area contributed by atoms with E-state index in [0.29, 0.717) is 18.0 Å². The third kappa shape index (κ3) is 4.86. The van der Waals surface area contributed by atoms with Crippen LogP contribution in [-0.4, -0.2) is 56.9 Å². The second-order valence-electron chi connectivity index (χ2n) is 7.02. The molecular weight excluding hydrogens is 373 g/mol. The lowest BCUT2D eigenvalue weighted by atomic mass is 10.2. The van der Waals surface area contributed by atoms with Gasteiger partial charge in [0.2, 0.25) is 12.7 Å². The Morgan fingerprint density at radius 1 is 1.07 bits per heavy atom. The number of hydrogen-bond acceptors (Lipinski definition) is 5. The molecule has 1 amide bonds. The molecule has 2 aliphatic heterocycles. The number of ether oxygens (including phenoxy) is 2. The highest BCUT2D eigenvalue weighted by Gasteiger charge is 2.19. The average molecular weight is 397 g/mol. The largest absolute Gasteiger partial charge is 0.454 e. The Balaban J connectivity index is 1.18. The van der Waals surface area contributed by atoms with Crippen molar-refractivity contribution in [3.05, 3.63) is 59.9 Å². The lowest BCUT2D eigenvalue weighted by molar-refractivity contribution is -0.116. The van der Waals surface area contributed by atoms with Gasteiger partial charge in [0.05, 0.1) is 5.69 Å². The molecule has 0 spiro atoms. The van der Waals surface area contributed by atoms with E-state index >= 15 is 0 Å². The molecule has 0 unspecified atom stereocenters. The number of rotatable bonds is 6. The van der Waals surface area contributed by atoms with Crippen molar-refractivity contribution in [1.82, 2.24) is 10.2 Å². The highest BCUT2D eigenvalue weighted by Crippen LogP contribution is 2.32. The van der Waals surface area contributed by atoms with Crippen LogP contribution in [0.4, 0.5) is 10.1 Å². The van der Waals surface area contributed by atoms with Gasteiger partial charge >= 0.3 is 0 Å². The number of halogens is 1. The van der Waals surface area contributed by atoms with Crippen LogP contribution in [0.3, 0.4) is 0 Å². The zero-order valence-corrected chi connectivity index (χ0v) is 16.1. The Morgan fingerprint density at radius 2 is 1.86 bits per heavy atom. The van der Waals surface area contributed by atoms with E-state index in [1.807, 2.05) is 30.3 Å². The summed E-state index contributed by atoms with van der Waals surface area (Å²) in [6, 6.07) is 12.4. The van der Waals surface area contributed by atoms with Crippen LogP contribution in [0.15, 0.2) is 48.5 Å². The van der Waals surface area contributed by atoms with E-state index in [0.717, 1.165) is 44.0 Å². The van der Waals surface area contributed by atoms with E-state index in [9.17, 15) is 9.18 Å². The molecule has 6 nitrogen and oxygen atoms in total. The van der Waals surface area contributed by atoms with Crippen molar-refractivity contribution >= 4 is 17.7 Å². The SMILES string of the molecule is O=C(/C=C/c1ccc2c(c1)OCO2)NCCN1CCN(c2ccccc2F)CC1. The van der Waals surface area contributed by atoms with Gasteiger partial charge in [0, 0.05) is 45.3 Å². The fourth-order valence-corrected chi connectivity index (χ4v) is 3.51. The van der Waals surface area contributed by atoms with E-state index in [1.54, 1.807) is 12.1 Å². The van der Waals surface area contributed by atoms with Crippen molar-refractivity contribution in [3.8, 4) is 11.5 Å². The molecule has 2 aliphatic rings. The first-order valence-corrected chi connectivity index (χ1v) is 9.76. The van der Waals surface area contributed by atoms with E-state index < -0.39 is 0 Å². The summed E-state index contributed by atoms with van der Waals surface area (Å²) in [4.78, 5) is 16.4. The third-order valence-electron chi connectivity index (χ3n) is 5.12. The quantitative estimate of drug-likeness (QED) is 0.759. The molecule has 0 aliphatic carbocycles. The van der Waals surface area contributed by atoms with Gasteiger partial charge in [0.15, 0.2) is 11.5 Å². The zero-order valence-electron chi connectivity index (χ0n) is 16.1. The predicted molar refractivity (Wildman–Crippen MR) is 110 cm³/mol. The Labute approximate surface area is 169 Å². The topological polar surface area (TPSA) is 54.0 Å². The number of fused-ring (bicyclic) bond motifs is 1. The first-order chi connectivity index (χ1) is 14.2. The van der Waals surface area contributed by atoms with Gasteiger partial charge in [-0.3, -0.25) is 9.69 Å². The standard InChI is InChI=1S/C22H24FN3O3/c23-18-3-1-2-4-19(18)26-13-11-25(12-14-26)10-9-24-22(27)8-6-17-5-7-20-21(15-17)29-16-28-20/h1-8,15H,9-14,16H2,(H,24,27)/b8-6+. The molecular formula is C22H24FN3O3.